The van der Waals surface area contributed by atoms with Crippen molar-refractivity contribution in [3.05, 3.63) is 88.9 Å². The van der Waals surface area contributed by atoms with Crippen molar-refractivity contribution < 1.29 is 18.0 Å². The number of nitrogens with zero attached hydrogens (tertiary/aromatic N) is 1. The predicted molar refractivity (Wildman–Crippen MR) is 144 cm³/mol. The number of hydrogen-bond acceptors (Lipinski definition) is 5. The lowest BCUT2D eigenvalue weighted by Crippen LogP contribution is -2.55. The number of carbonyl (C=O) groups excluding carboxylic acids is 2. The van der Waals surface area contributed by atoms with E-state index in [0.29, 0.717) is 33.2 Å². The molecule has 4 N–H and O–H groups in total. The van der Waals surface area contributed by atoms with E-state index in [-0.39, 0.29) is 11.6 Å². The van der Waals surface area contributed by atoms with Crippen LogP contribution in [0.3, 0.4) is 0 Å². The zero-order valence-electron chi connectivity index (χ0n) is 19.9. The maximum atomic E-state index is 13.0. The highest BCUT2D eigenvalue weighted by Gasteiger charge is 2.39. The van der Waals surface area contributed by atoms with Crippen molar-refractivity contribution >= 4 is 61.8 Å². The summed E-state index contributed by atoms with van der Waals surface area (Å²) in [6.45, 7) is 2.89. The Bertz CT molecular complexity index is 1480. The second-order valence-electron chi connectivity index (χ2n) is 8.88. The molecule has 0 aromatic heterocycles. The summed E-state index contributed by atoms with van der Waals surface area (Å²) in [5.74, 6) is -1.06. The van der Waals surface area contributed by atoms with Crippen LogP contribution < -0.4 is 20.7 Å². The van der Waals surface area contributed by atoms with Gasteiger partial charge in [0, 0.05) is 16.3 Å². The van der Waals surface area contributed by atoms with E-state index >= 15 is 0 Å². The summed E-state index contributed by atoms with van der Waals surface area (Å²) in [5.41, 5.74) is 8.01. The lowest BCUT2D eigenvalue weighted by molar-refractivity contribution is -0.121. The smallest absolute Gasteiger partial charge is 0.258 e. The quantitative estimate of drug-likeness (QED) is 0.398. The Morgan fingerprint density at radius 2 is 1.67 bits per heavy atom. The van der Waals surface area contributed by atoms with Crippen LogP contribution in [0.5, 0.6) is 0 Å². The number of fused-ring (bicyclic) bond motifs is 1. The van der Waals surface area contributed by atoms with Gasteiger partial charge in [-0.3, -0.25) is 13.9 Å². The molecule has 0 saturated carbocycles. The molecule has 0 bridgehead atoms. The van der Waals surface area contributed by atoms with Gasteiger partial charge in [0.2, 0.25) is 15.9 Å². The molecule has 0 aliphatic carbocycles. The van der Waals surface area contributed by atoms with Crippen LogP contribution in [0.1, 0.15) is 25.0 Å². The van der Waals surface area contributed by atoms with Crippen LogP contribution in [-0.4, -0.2) is 32.0 Å². The molecule has 0 fully saturated rings. The minimum absolute atomic E-state index is 0.276. The van der Waals surface area contributed by atoms with Gasteiger partial charge >= 0.3 is 0 Å². The van der Waals surface area contributed by atoms with Gasteiger partial charge in [-0.15, -0.1) is 0 Å². The molecule has 0 atom stereocenters. The van der Waals surface area contributed by atoms with Gasteiger partial charge < -0.3 is 16.4 Å². The zero-order valence-corrected chi connectivity index (χ0v) is 21.4. The van der Waals surface area contributed by atoms with Crippen molar-refractivity contribution in [3.8, 4) is 0 Å². The number of rotatable bonds is 7. The SMILES string of the molecule is CC(C)(C(N)=O)N(c1ccc(N/C(=C2\C(=O)Nc3cc(Cl)ccc32)c2ccccc2)cc1)S(C)(=O)=O. The van der Waals surface area contributed by atoms with Crippen LogP contribution >= 0.6 is 11.6 Å². The normalized spacial score (nSPS) is 14.6. The first-order valence-electron chi connectivity index (χ1n) is 11.0. The first-order chi connectivity index (χ1) is 16.9. The summed E-state index contributed by atoms with van der Waals surface area (Å²) >= 11 is 6.11. The summed E-state index contributed by atoms with van der Waals surface area (Å²) in [5, 5.41) is 6.68. The van der Waals surface area contributed by atoms with E-state index in [4.69, 9.17) is 17.3 Å². The maximum absolute atomic E-state index is 13.0. The fourth-order valence-electron chi connectivity index (χ4n) is 4.13. The van der Waals surface area contributed by atoms with Gasteiger partial charge in [0.15, 0.2) is 0 Å². The van der Waals surface area contributed by atoms with Crippen LogP contribution in [0, 0.1) is 0 Å². The van der Waals surface area contributed by atoms with Gasteiger partial charge in [-0.05, 0) is 55.8 Å². The van der Waals surface area contributed by atoms with Crippen molar-refractivity contribution in [2.75, 3.05) is 21.2 Å². The van der Waals surface area contributed by atoms with E-state index in [9.17, 15) is 18.0 Å². The molecule has 1 heterocycles. The summed E-state index contributed by atoms with van der Waals surface area (Å²) in [4.78, 5) is 25.0. The van der Waals surface area contributed by atoms with E-state index in [0.717, 1.165) is 16.1 Å². The number of carbonyl (C=O) groups is 2. The zero-order chi connectivity index (χ0) is 26.3. The molecule has 10 heteroatoms. The van der Waals surface area contributed by atoms with E-state index in [1.807, 2.05) is 30.3 Å². The van der Waals surface area contributed by atoms with Crippen LogP contribution in [0.25, 0.3) is 11.3 Å². The minimum atomic E-state index is -3.82. The van der Waals surface area contributed by atoms with Gasteiger partial charge in [0.1, 0.15) is 5.54 Å². The van der Waals surface area contributed by atoms with E-state index in [1.165, 1.54) is 13.8 Å². The van der Waals surface area contributed by atoms with Crippen LogP contribution in [-0.2, 0) is 19.6 Å². The number of nitrogens with two attached hydrogens (primary N) is 1. The second kappa shape index (κ2) is 9.33. The lowest BCUT2D eigenvalue weighted by Gasteiger charge is -2.35. The Morgan fingerprint density at radius 1 is 1.03 bits per heavy atom. The van der Waals surface area contributed by atoms with Crippen LogP contribution in [0.15, 0.2) is 72.8 Å². The van der Waals surface area contributed by atoms with Crippen LogP contribution in [0.2, 0.25) is 5.02 Å². The minimum Gasteiger partial charge on any atom is -0.368 e. The Balaban J connectivity index is 1.79. The molecule has 0 radical (unpaired) electrons. The van der Waals surface area contributed by atoms with Crippen molar-refractivity contribution in [2.45, 2.75) is 19.4 Å². The third-order valence-corrected chi connectivity index (χ3v) is 7.42. The van der Waals surface area contributed by atoms with Gasteiger partial charge in [-0.1, -0.05) is 48.0 Å². The molecular weight excluding hydrogens is 500 g/mol. The molecule has 36 heavy (non-hydrogen) atoms. The molecule has 4 rings (SSSR count). The first-order valence-corrected chi connectivity index (χ1v) is 13.2. The Labute approximate surface area is 214 Å². The van der Waals surface area contributed by atoms with Crippen molar-refractivity contribution in [1.82, 2.24) is 0 Å². The average Bonchev–Trinajstić information content (AvgIpc) is 3.12. The molecule has 0 spiro atoms. The lowest BCUT2D eigenvalue weighted by atomic mass is 10.00. The standard InChI is InChI=1S/C26H25ClN4O4S/c1-26(2,25(28)33)31(36(3,34)35)19-12-10-18(11-13-19)29-23(16-7-5-4-6-8-16)22-20-14-9-17(27)15-21(20)30-24(22)32/h4-15,29H,1-3H3,(H2,28,33)(H,30,32)/b23-22-. The Hall–Kier alpha value is -3.82. The fourth-order valence-corrected chi connectivity index (χ4v) is 5.73. The maximum Gasteiger partial charge on any atom is 0.258 e. The van der Waals surface area contributed by atoms with Crippen LogP contribution in [0.4, 0.5) is 17.1 Å². The number of primary amides is 1. The average molecular weight is 525 g/mol. The highest BCUT2D eigenvalue weighted by molar-refractivity contribution is 7.92. The predicted octanol–water partition coefficient (Wildman–Crippen LogP) is 4.30. The molecule has 3 aromatic carbocycles. The van der Waals surface area contributed by atoms with Gasteiger partial charge in [0.25, 0.3) is 5.91 Å². The third-order valence-electron chi connectivity index (χ3n) is 5.85. The summed E-state index contributed by atoms with van der Waals surface area (Å²) in [6.07, 6.45) is 1.02. The van der Waals surface area contributed by atoms with E-state index < -0.39 is 21.5 Å². The van der Waals surface area contributed by atoms with Gasteiger partial charge in [-0.2, -0.15) is 0 Å². The number of amides is 2. The van der Waals surface area contributed by atoms with E-state index in [2.05, 4.69) is 10.6 Å². The number of hydrogen-bond donors (Lipinski definition) is 3. The molecule has 186 valence electrons. The molecule has 8 nitrogen and oxygen atoms in total. The molecule has 1 aliphatic heterocycles. The largest absolute Gasteiger partial charge is 0.368 e. The third kappa shape index (κ3) is 4.80. The van der Waals surface area contributed by atoms with Gasteiger partial charge in [-0.25, -0.2) is 8.42 Å². The highest BCUT2D eigenvalue weighted by atomic mass is 35.5. The Morgan fingerprint density at radius 3 is 2.25 bits per heavy atom. The summed E-state index contributed by atoms with van der Waals surface area (Å²) in [7, 11) is -3.82. The monoisotopic (exact) mass is 524 g/mol. The summed E-state index contributed by atoms with van der Waals surface area (Å²) < 4.78 is 26.0. The molecule has 2 amide bonds. The van der Waals surface area contributed by atoms with Gasteiger partial charge in [0.05, 0.1) is 28.9 Å². The number of anilines is 3. The second-order valence-corrected chi connectivity index (χ2v) is 11.2. The van der Waals surface area contributed by atoms with Crippen molar-refractivity contribution in [3.63, 3.8) is 0 Å². The Kier molecular flexibility index (Phi) is 6.55. The van der Waals surface area contributed by atoms with E-state index in [1.54, 1.807) is 42.5 Å². The van der Waals surface area contributed by atoms with Crippen molar-refractivity contribution in [1.29, 1.82) is 0 Å². The molecule has 0 unspecified atom stereocenters. The first kappa shape index (κ1) is 25.3. The van der Waals surface area contributed by atoms with Crippen molar-refractivity contribution in [2.24, 2.45) is 5.73 Å². The molecule has 0 saturated heterocycles. The fraction of sp³-hybridized carbons (Fsp3) is 0.154. The number of nitrogens with one attached hydrogen (secondary N) is 2. The molecular formula is C26H25ClN4O4S. The molecule has 3 aromatic rings. The number of halogens is 1. The number of benzene rings is 3. The highest BCUT2D eigenvalue weighted by Crippen LogP contribution is 2.39. The summed E-state index contributed by atoms with van der Waals surface area (Å²) in [6, 6.07) is 21.1. The topological polar surface area (TPSA) is 122 Å². The molecule has 1 aliphatic rings. The number of sulfonamides is 1.